The zero-order valence-electron chi connectivity index (χ0n) is 9.90. The first-order chi connectivity index (χ1) is 7.44. The Kier molecular flexibility index (Phi) is 3.88. The second kappa shape index (κ2) is 4.96. The summed E-state index contributed by atoms with van der Waals surface area (Å²) in [6.07, 6.45) is 6.00. The molecule has 4 nitrogen and oxygen atoms in total. The van der Waals surface area contributed by atoms with Crippen LogP contribution in [0.15, 0.2) is 23.9 Å². The normalized spacial score (nSPS) is 16.4. The zero-order chi connectivity index (χ0) is 12.2. The van der Waals surface area contributed by atoms with Crippen LogP contribution < -0.4 is 0 Å². The number of carbonyl (C=O) groups is 2. The van der Waals surface area contributed by atoms with Crippen molar-refractivity contribution in [2.45, 2.75) is 32.8 Å². The molecule has 0 aromatic heterocycles. The molecule has 0 aromatic rings. The molecule has 0 unspecified atom stereocenters. The number of rotatable bonds is 2. The van der Waals surface area contributed by atoms with E-state index in [9.17, 15) is 9.59 Å². The third kappa shape index (κ3) is 3.53. The average molecular weight is 223 g/mol. The largest absolute Gasteiger partial charge is 0.443 e. The smallest absolute Gasteiger partial charge is 0.414 e. The Hall–Kier alpha value is -1.58. The van der Waals surface area contributed by atoms with E-state index in [1.807, 2.05) is 26.8 Å². The molecule has 1 aliphatic rings. The number of amides is 1. The first-order valence-corrected chi connectivity index (χ1v) is 5.26. The summed E-state index contributed by atoms with van der Waals surface area (Å²) in [4.78, 5) is 23.5. The van der Waals surface area contributed by atoms with Gasteiger partial charge < -0.3 is 4.74 Å². The van der Waals surface area contributed by atoms with E-state index in [0.717, 1.165) is 12.1 Å². The maximum absolute atomic E-state index is 11.8. The zero-order valence-corrected chi connectivity index (χ0v) is 9.90. The van der Waals surface area contributed by atoms with E-state index in [1.54, 1.807) is 6.08 Å². The van der Waals surface area contributed by atoms with E-state index in [0.29, 0.717) is 12.8 Å². The van der Waals surface area contributed by atoms with Crippen LogP contribution in [-0.2, 0) is 9.53 Å². The molecule has 1 aliphatic heterocycles. The molecule has 1 heterocycles. The van der Waals surface area contributed by atoms with Crippen molar-refractivity contribution in [3.05, 3.63) is 23.9 Å². The molecule has 1 amide bonds. The molecular formula is C12H17NO3. The van der Waals surface area contributed by atoms with Gasteiger partial charge in [-0.05, 0) is 39.3 Å². The van der Waals surface area contributed by atoms with Crippen LogP contribution in [0.5, 0.6) is 0 Å². The Morgan fingerprint density at radius 3 is 2.75 bits per heavy atom. The van der Waals surface area contributed by atoms with E-state index in [-0.39, 0.29) is 6.09 Å². The second-order valence-electron chi connectivity index (χ2n) is 4.54. The standard InChI is InChI=1S/C12H17NO3/c1-12(2,3)16-11(15)13-8-4-6-10(13)7-5-9-14/h5-7,9H,4,8H2,1-3H3/b7-5+. The maximum atomic E-state index is 11.8. The van der Waals surface area contributed by atoms with Crippen LogP contribution in [-0.4, -0.2) is 29.4 Å². The molecule has 4 heteroatoms. The summed E-state index contributed by atoms with van der Waals surface area (Å²) >= 11 is 0. The van der Waals surface area contributed by atoms with Gasteiger partial charge in [-0.1, -0.05) is 6.08 Å². The summed E-state index contributed by atoms with van der Waals surface area (Å²) in [5, 5.41) is 0. The summed E-state index contributed by atoms with van der Waals surface area (Å²) in [7, 11) is 0. The number of hydrogen-bond acceptors (Lipinski definition) is 3. The highest BCUT2D eigenvalue weighted by Gasteiger charge is 2.25. The minimum atomic E-state index is -0.501. The maximum Gasteiger partial charge on any atom is 0.414 e. The third-order valence-electron chi connectivity index (χ3n) is 1.98. The minimum Gasteiger partial charge on any atom is -0.443 e. The SMILES string of the molecule is CC(C)(C)OC(=O)N1CCC=C1/C=C/C=O. The Labute approximate surface area is 95.6 Å². The van der Waals surface area contributed by atoms with E-state index in [1.165, 1.54) is 11.0 Å². The average Bonchev–Trinajstić information content (AvgIpc) is 2.59. The fourth-order valence-corrected chi connectivity index (χ4v) is 1.39. The van der Waals surface area contributed by atoms with E-state index in [2.05, 4.69) is 0 Å². The first kappa shape index (κ1) is 12.5. The van der Waals surface area contributed by atoms with Crippen molar-refractivity contribution in [3.8, 4) is 0 Å². The van der Waals surface area contributed by atoms with Crippen LogP contribution >= 0.6 is 0 Å². The molecular weight excluding hydrogens is 206 g/mol. The van der Waals surface area contributed by atoms with Crippen LogP contribution in [0.25, 0.3) is 0 Å². The van der Waals surface area contributed by atoms with Gasteiger partial charge in [-0.15, -0.1) is 0 Å². The van der Waals surface area contributed by atoms with Crippen LogP contribution in [0.4, 0.5) is 4.79 Å². The molecule has 88 valence electrons. The second-order valence-corrected chi connectivity index (χ2v) is 4.54. The van der Waals surface area contributed by atoms with Crippen molar-refractivity contribution in [2.75, 3.05) is 6.54 Å². The van der Waals surface area contributed by atoms with Crippen LogP contribution in [0.1, 0.15) is 27.2 Å². The molecule has 0 aliphatic carbocycles. The Morgan fingerprint density at radius 1 is 1.50 bits per heavy atom. The fraction of sp³-hybridized carbons (Fsp3) is 0.500. The summed E-state index contributed by atoms with van der Waals surface area (Å²) in [6, 6.07) is 0. The Morgan fingerprint density at radius 2 is 2.19 bits per heavy atom. The number of allylic oxidation sites excluding steroid dienone is 2. The fourth-order valence-electron chi connectivity index (χ4n) is 1.39. The minimum absolute atomic E-state index is 0.369. The van der Waals surface area contributed by atoms with Crippen molar-refractivity contribution < 1.29 is 14.3 Å². The summed E-state index contributed by atoms with van der Waals surface area (Å²) in [6.45, 7) is 6.08. The monoisotopic (exact) mass is 223 g/mol. The quantitative estimate of drug-likeness (QED) is 0.533. The van der Waals surface area contributed by atoms with E-state index < -0.39 is 5.60 Å². The van der Waals surface area contributed by atoms with E-state index >= 15 is 0 Å². The van der Waals surface area contributed by atoms with Gasteiger partial charge in [0.25, 0.3) is 0 Å². The molecule has 0 fully saturated rings. The molecule has 0 saturated heterocycles. The third-order valence-corrected chi connectivity index (χ3v) is 1.98. The van der Waals surface area contributed by atoms with Gasteiger partial charge in [-0.25, -0.2) is 4.79 Å². The Balaban J connectivity index is 2.67. The van der Waals surface area contributed by atoms with Crippen LogP contribution in [0.3, 0.4) is 0 Å². The molecule has 0 radical (unpaired) electrons. The predicted molar refractivity (Wildman–Crippen MR) is 60.8 cm³/mol. The van der Waals surface area contributed by atoms with Gasteiger partial charge in [-0.2, -0.15) is 0 Å². The van der Waals surface area contributed by atoms with Crippen molar-refractivity contribution in [1.82, 2.24) is 4.90 Å². The molecule has 0 atom stereocenters. The highest BCUT2D eigenvalue weighted by Crippen LogP contribution is 2.19. The van der Waals surface area contributed by atoms with Crippen molar-refractivity contribution in [2.24, 2.45) is 0 Å². The van der Waals surface area contributed by atoms with Crippen molar-refractivity contribution >= 4 is 12.4 Å². The van der Waals surface area contributed by atoms with Gasteiger partial charge in [0.15, 0.2) is 0 Å². The number of ether oxygens (including phenoxy) is 1. The highest BCUT2D eigenvalue weighted by atomic mass is 16.6. The molecule has 0 bridgehead atoms. The van der Waals surface area contributed by atoms with E-state index in [4.69, 9.17) is 4.74 Å². The number of hydrogen-bond donors (Lipinski definition) is 0. The number of aldehydes is 1. The van der Waals surface area contributed by atoms with Gasteiger partial charge in [0.1, 0.15) is 11.9 Å². The number of carbonyl (C=O) groups excluding carboxylic acids is 2. The van der Waals surface area contributed by atoms with Crippen molar-refractivity contribution in [1.29, 1.82) is 0 Å². The lowest BCUT2D eigenvalue weighted by molar-refractivity contribution is -0.104. The van der Waals surface area contributed by atoms with Crippen LogP contribution in [0.2, 0.25) is 0 Å². The van der Waals surface area contributed by atoms with Gasteiger partial charge >= 0.3 is 6.09 Å². The van der Waals surface area contributed by atoms with Gasteiger partial charge in [0.05, 0.1) is 0 Å². The molecule has 1 rings (SSSR count). The summed E-state index contributed by atoms with van der Waals surface area (Å²) in [5.41, 5.74) is 0.223. The van der Waals surface area contributed by atoms with Crippen molar-refractivity contribution in [3.63, 3.8) is 0 Å². The summed E-state index contributed by atoms with van der Waals surface area (Å²) < 4.78 is 5.26. The number of nitrogens with zero attached hydrogens (tertiary/aromatic N) is 1. The van der Waals surface area contributed by atoms with Gasteiger partial charge in [-0.3, -0.25) is 9.69 Å². The Bertz CT molecular complexity index is 337. The molecule has 0 spiro atoms. The van der Waals surface area contributed by atoms with Crippen LogP contribution in [0, 0.1) is 0 Å². The first-order valence-electron chi connectivity index (χ1n) is 5.26. The molecule has 0 saturated carbocycles. The predicted octanol–water partition coefficient (Wildman–Crippen LogP) is 2.27. The lowest BCUT2D eigenvalue weighted by atomic mass is 10.2. The highest BCUT2D eigenvalue weighted by molar-refractivity contribution is 5.73. The topological polar surface area (TPSA) is 46.6 Å². The molecule has 16 heavy (non-hydrogen) atoms. The van der Waals surface area contributed by atoms with Gasteiger partial charge in [0.2, 0.25) is 0 Å². The molecule has 0 aromatic carbocycles. The lowest BCUT2D eigenvalue weighted by Crippen LogP contribution is -2.34. The molecule has 0 N–H and O–H groups in total. The summed E-state index contributed by atoms with van der Waals surface area (Å²) in [5.74, 6) is 0. The van der Waals surface area contributed by atoms with Gasteiger partial charge in [0, 0.05) is 12.2 Å². The lowest BCUT2D eigenvalue weighted by Gasteiger charge is -2.25.